The van der Waals surface area contributed by atoms with Gasteiger partial charge in [0.15, 0.2) is 0 Å². The molecule has 0 saturated carbocycles. The van der Waals surface area contributed by atoms with Gasteiger partial charge in [-0.3, -0.25) is 4.79 Å². The number of carbonyl (C=O) groups is 1. The Labute approximate surface area is 98.1 Å². The third kappa shape index (κ3) is 4.10. The quantitative estimate of drug-likeness (QED) is 0.738. The van der Waals surface area contributed by atoms with E-state index in [4.69, 9.17) is 10.5 Å². The van der Waals surface area contributed by atoms with E-state index < -0.39 is 0 Å². The molecule has 1 saturated heterocycles. The molecular weight excluding hydrogens is 204 g/mol. The van der Waals surface area contributed by atoms with Gasteiger partial charge in [-0.1, -0.05) is 13.3 Å². The van der Waals surface area contributed by atoms with Crippen molar-refractivity contribution in [3.63, 3.8) is 0 Å². The fourth-order valence-corrected chi connectivity index (χ4v) is 2.26. The molecule has 1 fully saturated rings. The lowest BCUT2D eigenvalue weighted by Gasteiger charge is -2.18. The van der Waals surface area contributed by atoms with Gasteiger partial charge in [-0.2, -0.15) is 0 Å². The molecule has 94 valence electrons. The van der Waals surface area contributed by atoms with E-state index >= 15 is 0 Å². The zero-order chi connectivity index (χ0) is 12.0. The van der Waals surface area contributed by atoms with Gasteiger partial charge in [0.25, 0.3) is 0 Å². The average Bonchev–Trinajstić information content (AvgIpc) is 2.67. The summed E-state index contributed by atoms with van der Waals surface area (Å²) in [6, 6.07) is 0.0268. The number of carbonyl (C=O) groups excluding carboxylic acids is 1. The summed E-state index contributed by atoms with van der Waals surface area (Å²) in [6.07, 6.45) is 3.53. The molecule has 0 aliphatic carbocycles. The van der Waals surface area contributed by atoms with Crippen LogP contribution in [0.5, 0.6) is 0 Å². The normalized spacial score (nSPS) is 22.4. The predicted octanol–water partition coefficient (Wildman–Crippen LogP) is 0.999. The van der Waals surface area contributed by atoms with Crippen LogP contribution in [0.15, 0.2) is 0 Å². The van der Waals surface area contributed by atoms with E-state index in [-0.39, 0.29) is 11.9 Å². The number of hydrogen-bond acceptors (Lipinski definition) is 3. The van der Waals surface area contributed by atoms with Crippen molar-refractivity contribution in [2.45, 2.75) is 38.6 Å². The lowest BCUT2D eigenvalue weighted by Crippen LogP contribution is -2.34. The van der Waals surface area contributed by atoms with Gasteiger partial charge in [0.05, 0.1) is 6.61 Å². The Hall–Kier alpha value is -0.610. The minimum Gasteiger partial charge on any atom is -0.384 e. The number of hydrogen-bond donors (Lipinski definition) is 1. The van der Waals surface area contributed by atoms with Crippen LogP contribution in [0.2, 0.25) is 0 Å². The van der Waals surface area contributed by atoms with E-state index in [0.717, 1.165) is 39.0 Å². The number of nitrogens with zero attached hydrogens (tertiary/aromatic N) is 1. The maximum absolute atomic E-state index is 11.9. The molecular formula is C12H24N2O2. The fourth-order valence-electron chi connectivity index (χ4n) is 2.26. The summed E-state index contributed by atoms with van der Waals surface area (Å²) in [5.41, 5.74) is 5.87. The molecule has 1 amide bonds. The summed E-state index contributed by atoms with van der Waals surface area (Å²) in [6.45, 7) is 4.55. The Bertz CT molecular complexity index is 221. The van der Waals surface area contributed by atoms with Crippen LogP contribution in [0.4, 0.5) is 0 Å². The van der Waals surface area contributed by atoms with Crippen molar-refractivity contribution >= 4 is 5.91 Å². The molecule has 1 aliphatic rings. The van der Waals surface area contributed by atoms with Gasteiger partial charge >= 0.3 is 0 Å². The summed E-state index contributed by atoms with van der Waals surface area (Å²) in [5.74, 6) is 0.718. The molecule has 16 heavy (non-hydrogen) atoms. The third-order valence-corrected chi connectivity index (χ3v) is 3.14. The molecule has 1 aliphatic heterocycles. The van der Waals surface area contributed by atoms with E-state index in [1.165, 1.54) is 0 Å². The van der Waals surface area contributed by atoms with Crippen LogP contribution < -0.4 is 5.73 Å². The summed E-state index contributed by atoms with van der Waals surface area (Å²) in [4.78, 5) is 13.8. The molecule has 0 aromatic rings. The van der Waals surface area contributed by atoms with Gasteiger partial charge in [0.1, 0.15) is 0 Å². The Morgan fingerprint density at radius 2 is 2.38 bits per heavy atom. The molecule has 2 N–H and O–H groups in total. The number of ether oxygens (including phenoxy) is 1. The third-order valence-electron chi connectivity index (χ3n) is 3.14. The molecule has 1 heterocycles. The predicted molar refractivity (Wildman–Crippen MR) is 64.1 cm³/mol. The number of rotatable bonds is 6. The standard InChI is InChI=1S/C12H24N2O2/c1-3-4-11(13)7-12(15)14-6-5-10(8-14)9-16-2/h10-11H,3-9,13H2,1-2H3. The lowest BCUT2D eigenvalue weighted by atomic mass is 10.1. The van der Waals surface area contributed by atoms with Crippen molar-refractivity contribution in [1.29, 1.82) is 0 Å². The second-order valence-corrected chi connectivity index (χ2v) is 4.70. The maximum atomic E-state index is 11.9. The minimum absolute atomic E-state index is 0.0268. The van der Waals surface area contributed by atoms with E-state index in [1.54, 1.807) is 7.11 Å². The molecule has 2 atom stereocenters. The number of amides is 1. The van der Waals surface area contributed by atoms with Crippen LogP contribution >= 0.6 is 0 Å². The van der Waals surface area contributed by atoms with Crippen molar-refractivity contribution in [2.75, 3.05) is 26.8 Å². The maximum Gasteiger partial charge on any atom is 0.224 e. The van der Waals surface area contributed by atoms with Crippen molar-refractivity contribution in [2.24, 2.45) is 11.7 Å². The smallest absolute Gasteiger partial charge is 0.224 e. The first kappa shape index (κ1) is 13.5. The minimum atomic E-state index is 0.0268. The number of likely N-dealkylation sites (tertiary alicyclic amines) is 1. The Kier molecular flexibility index (Phi) is 5.77. The topological polar surface area (TPSA) is 55.6 Å². The highest BCUT2D eigenvalue weighted by Gasteiger charge is 2.26. The van der Waals surface area contributed by atoms with Gasteiger partial charge in [-0.25, -0.2) is 0 Å². The zero-order valence-electron chi connectivity index (χ0n) is 10.4. The monoisotopic (exact) mass is 228 g/mol. The van der Waals surface area contributed by atoms with Crippen molar-refractivity contribution in [3.05, 3.63) is 0 Å². The van der Waals surface area contributed by atoms with Crippen LogP contribution in [-0.2, 0) is 9.53 Å². The van der Waals surface area contributed by atoms with Crippen LogP contribution in [0, 0.1) is 5.92 Å². The second-order valence-electron chi connectivity index (χ2n) is 4.70. The van der Waals surface area contributed by atoms with Crippen molar-refractivity contribution in [3.8, 4) is 0 Å². The Morgan fingerprint density at radius 3 is 3.00 bits per heavy atom. The van der Waals surface area contributed by atoms with Crippen LogP contribution in [0.3, 0.4) is 0 Å². The van der Waals surface area contributed by atoms with Crippen LogP contribution in [-0.4, -0.2) is 43.7 Å². The van der Waals surface area contributed by atoms with E-state index in [0.29, 0.717) is 12.3 Å². The van der Waals surface area contributed by atoms with Gasteiger partial charge in [0, 0.05) is 38.6 Å². The summed E-state index contributed by atoms with van der Waals surface area (Å²) >= 11 is 0. The first-order valence-corrected chi connectivity index (χ1v) is 6.19. The molecule has 4 nitrogen and oxygen atoms in total. The highest BCUT2D eigenvalue weighted by molar-refractivity contribution is 5.77. The molecule has 4 heteroatoms. The average molecular weight is 228 g/mol. The highest BCUT2D eigenvalue weighted by atomic mass is 16.5. The first-order chi connectivity index (χ1) is 7.67. The summed E-state index contributed by atoms with van der Waals surface area (Å²) in [5, 5.41) is 0. The largest absolute Gasteiger partial charge is 0.384 e. The summed E-state index contributed by atoms with van der Waals surface area (Å²) < 4.78 is 5.11. The number of methoxy groups -OCH3 is 1. The summed E-state index contributed by atoms with van der Waals surface area (Å²) in [7, 11) is 1.71. The van der Waals surface area contributed by atoms with E-state index in [9.17, 15) is 4.79 Å². The van der Waals surface area contributed by atoms with Gasteiger partial charge in [-0.05, 0) is 12.8 Å². The molecule has 0 spiro atoms. The zero-order valence-corrected chi connectivity index (χ0v) is 10.4. The number of nitrogens with two attached hydrogens (primary N) is 1. The SMILES string of the molecule is CCCC(N)CC(=O)N1CCC(COC)C1. The van der Waals surface area contributed by atoms with Gasteiger partial charge in [-0.15, -0.1) is 0 Å². The Morgan fingerprint density at radius 1 is 1.62 bits per heavy atom. The van der Waals surface area contributed by atoms with Crippen molar-refractivity contribution in [1.82, 2.24) is 4.90 Å². The fraction of sp³-hybridized carbons (Fsp3) is 0.917. The van der Waals surface area contributed by atoms with E-state index in [2.05, 4.69) is 6.92 Å². The van der Waals surface area contributed by atoms with Crippen LogP contribution in [0.1, 0.15) is 32.6 Å². The van der Waals surface area contributed by atoms with E-state index in [1.807, 2.05) is 4.90 Å². The van der Waals surface area contributed by atoms with Gasteiger partial charge < -0.3 is 15.4 Å². The first-order valence-electron chi connectivity index (χ1n) is 6.19. The lowest BCUT2D eigenvalue weighted by molar-refractivity contribution is -0.130. The highest BCUT2D eigenvalue weighted by Crippen LogP contribution is 2.17. The van der Waals surface area contributed by atoms with Crippen LogP contribution in [0.25, 0.3) is 0 Å². The second kappa shape index (κ2) is 6.86. The van der Waals surface area contributed by atoms with Crippen molar-refractivity contribution < 1.29 is 9.53 Å². The molecule has 2 unspecified atom stereocenters. The van der Waals surface area contributed by atoms with Gasteiger partial charge in [0.2, 0.25) is 5.91 Å². The molecule has 0 bridgehead atoms. The molecule has 0 radical (unpaired) electrons. The molecule has 0 aromatic heterocycles. The Balaban J connectivity index is 2.27. The molecule has 1 rings (SSSR count). The molecule has 0 aromatic carbocycles.